The second-order valence-corrected chi connectivity index (χ2v) is 8.18. The minimum absolute atomic E-state index is 0.0604. The van der Waals surface area contributed by atoms with Gasteiger partial charge in [-0.25, -0.2) is 4.98 Å². The lowest BCUT2D eigenvalue weighted by Gasteiger charge is -2.12. The molecule has 2 heterocycles. The highest BCUT2D eigenvalue weighted by Gasteiger charge is 2.28. The van der Waals surface area contributed by atoms with Gasteiger partial charge in [-0.15, -0.1) is 11.3 Å². The predicted octanol–water partition coefficient (Wildman–Crippen LogP) is 4.55. The standard InChI is InChI=1S/C19H18N2O2S2/c22-16(17-8-4-11-24-17)7-3-12-25-19-20-15-6-2-1-5-14(15)18(23)21(19)13-9-10-13/h1-2,4-6,8,11,13H,3,7,9-10,12H2. The highest BCUT2D eigenvalue weighted by molar-refractivity contribution is 7.99. The maximum Gasteiger partial charge on any atom is 0.262 e. The molecule has 0 amide bonds. The summed E-state index contributed by atoms with van der Waals surface area (Å²) in [7, 11) is 0. The number of hydrogen-bond donors (Lipinski definition) is 0. The second-order valence-electron chi connectivity index (χ2n) is 6.17. The Labute approximate surface area is 153 Å². The molecule has 0 unspecified atom stereocenters. The average molecular weight is 370 g/mol. The summed E-state index contributed by atoms with van der Waals surface area (Å²) in [6.07, 6.45) is 3.41. The first-order valence-electron chi connectivity index (χ1n) is 8.45. The highest BCUT2D eigenvalue weighted by Crippen LogP contribution is 2.37. The maximum atomic E-state index is 12.8. The van der Waals surface area contributed by atoms with Crippen LogP contribution in [0.2, 0.25) is 0 Å². The molecule has 2 aromatic heterocycles. The minimum Gasteiger partial charge on any atom is -0.293 e. The Morgan fingerprint density at radius 1 is 1.24 bits per heavy atom. The number of Topliss-reactive ketones (excluding diaryl/α,β-unsaturated/α-hetero) is 1. The molecule has 25 heavy (non-hydrogen) atoms. The van der Waals surface area contributed by atoms with Gasteiger partial charge in [-0.3, -0.25) is 14.2 Å². The molecular formula is C19H18N2O2S2. The van der Waals surface area contributed by atoms with Crippen LogP contribution in [0.1, 0.15) is 41.4 Å². The van der Waals surface area contributed by atoms with E-state index in [0.717, 1.165) is 40.6 Å². The summed E-state index contributed by atoms with van der Waals surface area (Å²) in [6.45, 7) is 0. The summed E-state index contributed by atoms with van der Waals surface area (Å²) in [6, 6.07) is 11.6. The Morgan fingerprint density at radius 2 is 2.08 bits per heavy atom. The van der Waals surface area contributed by atoms with Gasteiger partial charge >= 0.3 is 0 Å². The number of hydrogen-bond acceptors (Lipinski definition) is 5. The number of nitrogens with zero attached hydrogens (tertiary/aromatic N) is 2. The number of aromatic nitrogens is 2. The van der Waals surface area contributed by atoms with E-state index in [1.54, 1.807) is 11.8 Å². The third-order valence-corrected chi connectivity index (χ3v) is 6.21. The van der Waals surface area contributed by atoms with Gasteiger partial charge in [0.15, 0.2) is 10.9 Å². The number of fused-ring (bicyclic) bond motifs is 1. The van der Waals surface area contributed by atoms with Crippen molar-refractivity contribution in [3.63, 3.8) is 0 Å². The Morgan fingerprint density at radius 3 is 2.84 bits per heavy atom. The van der Waals surface area contributed by atoms with Gasteiger partial charge in [0.05, 0.1) is 15.8 Å². The lowest BCUT2D eigenvalue weighted by molar-refractivity contribution is 0.0986. The Kier molecular flexibility index (Phi) is 4.72. The van der Waals surface area contributed by atoms with Crippen molar-refractivity contribution in [3.8, 4) is 0 Å². The zero-order valence-corrected chi connectivity index (χ0v) is 15.3. The molecule has 0 radical (unpaired) electrons. The molecule has 1 aliphatic rings. The van der Waals surface area contributed by atoms with Crippen LogP contribution in [0.4, 0.5) is 0 Å². The molecular weight excluding hydrogens is 352 g/mol. The van der Waals surface area contributed by atoms with Crippen LogP contribution in [-0.2, 0) is 0 Å². The summed E-state index contributed by atoms with van der Waals surface area (Å²) < 4.78 is 1.86. The Bertz CT molecular complexity index is 959. The van der Waals surface area contributed by atoms with E-state index in [1.807, 2.05) is 46.3 Å². The van der Waals surface area contributed by atoms with E-state index in [1.165, 1.54) is 11.3 Å². The van der Waals surface area contributed by atoms with Gasteiger partial charge in [0.25, 0.3) is 5.56 Å². The van der Waals surface area contributed by atoms with Crippen LogP contribution in [0, 0.1) is 0 Å². The van der Waals surface area contributed by atoms with E-state index in [2.05, 4.69) is 0 Å². The third kappa shape index (κ3) is 3.55. The van der Waals surface area contributed by atoms with Gasteiger partial charge in [-0.1, -0.05) is 30.0 Å². The number of carbonyl (C=O) groups is 1. The van der Waals surface area contributed by atoms with Crippen molar-refractivity contribution in [1.82, 2.24) is 9.55 Å². The molecule has 0 spiro atoms. The minimum atomic E-state index is 0.0604. The molecule has 6 heteroatoms. The number of thiophene rings is 1. The van der Waals surface area contributed by atoms with E-state index in [-0.39, 0.29) is 11.3 Å². The number of thioether (sulfide) groups is 1. The molecule has 3 aromatic rings. The summed E-state index contributed by atoms with van der Waals surface area (Å²) in [4.78, 5) is 30.4. The fraction of sp³-hybridized carbons (Fsp3) is 0.316. The van der Waals surface area contributed by atoms with Crippen LogP contribution >= 0.6 is 23.1 Å². The van der Waals surface area contributed by atoms with E-state index >= 15 is 0 Å². The van der Waals surface area contributed by atoms with Crippen LogP contribution in [0.25, 0.3) is 10.9 Å². The van der Waals surface area contributed by atoms with Gasteiger partial charge in [0, 0.05) is 18.2 Å². The summed E-state index contributed by atoms with van der Waals surface area (Å²) in [5.41, 5.74) is 0.812. The molecule has 1 saturated carbocycles. The lowest BCUT2D eigenvalue weighted by Crippen LogP contribution is -2.22. The molecule has 128 valence electrons. The first-order valence-corrected chi connectivity index (χ1v) is 10.3. The van der Waals surface area contributed by atoms with Crippen molar-refractivity contribution < 1.29 is 4.79 Å². The first kappa shape index (κ1) is 16.5. The Hall–Kier alpha value is -1.92. The average Bonchev–Trinajstić information content (AvgIpc) is 3.30. The van der Waals surface area contributed by atoms with E-state index in [9.17, 15) is 9.59 Å². The third-order valence-electron chi connectivity index (χ3n) is 4.26. The van der Waals surface area contributed by atoms with Gasteiger partial charge < -0.3 is 0 Å². The normalized spacial score (nSPS) is 14.1. The van der Waals surface area contributed by atoms with Crippen LogP contribution in [-0.4, -0.2) is 21.1 Å². The zero-order chi connectivity index (χ0) is 17.2. The molecule has 0 aliphatic heterocycles. The lowest BCUT2D eigenvalue weighted by atomic mass is 10.2. The van der Waals surface area contributed by atoms with E-state index in [0.29, 0.717) is 17.8 Å². The molecule has 4 rings (SSSR count). The first-order chi connectivity index (χ1) is 12.2. The quantitative estimate of drug-likeness (QED) is 0.265. The van der Waals surface area contributed by atoms with Crippen molar-refractivity contribution in [2.75, 3.05) is 5.75 Å². The van der Waals surface area contributed by atoms with Crippen molar-refractivity contribution in [1.29, 1.82) is 0 Å². The Balaban J connectivity index is 1.48. The monoisotopic (exact) mass is 370 g/mol. The van der Waals surface area contributed by atoms with Gasteiger partial charge in [0.1, 0.15) is 0 Å². The molecule has 0 atom stereocenters. The molecule has 4 nitrogen and oxygen atoms in total. The van der Waals surface area contributed by atoms with Crippen LogP contribution in [0.3, 0.4) is 0 Å². The fourth-order valence-electron chi connectivity index (χ4n) is 2.84. The number of benzene rings is 1. The maximum absolute atomic E-state index is 12.8. The molecule has 0 bridgehead atoms. The van der Waals surface area contributed by atoms with E-state index < -0.39 is 0 Å². The topological polar surface area (TPSA) is 52.0 Å². The summed E-state index contributed by atoms with van der Waals surface area (Å²) >= 11 is 3.08. The number of para-hydroxylation sites is 1. The predicted molar refractivity (Wildman–Crippen MR) is 103 cm³/mol. The highest BCUT2D eigenvalue weighted by atomic mass is 32.2. The van der Waals surface area contributed by atoms with E-state index in [4.69, 9.17) is 4.98 Å². The molecule has 1 aromatic carbocycles. The summed E-state index contributed by atoms with van der Waals surface area (Å²) in [5.74, 6) is 0.982. The van der Waals surface area contributed by atoms with Crippen molar-refractivity contribution in [2.24, 2.45) is 0 Å². The second kappa shape index (κ2) is 7.14. The van der Waals surface area contributed by atoms with Gasteiger partial charge in [-0.2, -0.15) is 0 Å². The SMILES string of the molecule is O=C(CCCSc1nc2ccccc2c(=O)n1C1CC1)c1cccs1. The van der Waals surface area contributed by atoms with Gasteiger partial charge in [-0.05, 0) is 42.8 Å². The molecule has 0 saturated heterocycles. The van der Waals surface area contributed by atoms with Gasteiger partial charge in [0.2, 0.25) is 0 Å². The summed E-state index contributed by atoms with van der Waals surface area (Å²) in [5, 5.41) is 3.40. The van der Waals surface area contributed by atoms with Crippen molar-refractivity contribution in [2.45, 2.75) is 36.9 Å². The number of rotatable bonds is 7. The molecule has 1 aliphatic carbocycles. The van der Waals surface area contributed by atoms with Crippen molar-refractivity contribution in [3.05, 3.63) is 57.0 Å². The van der Waals surface area contributed by atoms with Crippen molar-refractivity contribution >= 4 is 39.8 Å². The smallest absolute Gasteiger partial charge is 0.262 e. The largest absolute Gasteiger partial charge is 0.293 e. The molecule has 1 fully saturated rings. The fourth-order valence-corrected chi connectivity index (χ4v) is 4.54. The molecule has 0 N–H and O–H groups in total. The van der Waals surface area contributed by atoms with Crippen LogP contribution in [0.15, 0.2) is 51.7 Å². The number of ketones is 1. The zero-order valence-electron chi connectivity index (χ0n) is 13.7. The van der Waals surface area contributed by atoms with Crippen LogP contribution in [0.5, 0.6) is 0 Å². The number of carbonyl (C=O) groups excluding carboxylic acids is 1. The van der Waals surface area contributed by atoms with Crippen LogP contribution < -0.4 is 5.56 Å².